The maximum absolute atomic E-state index is 11.2. The highest BCUT2D eigenvalue weighted by atomic mass is 35.5. The highest BCUT2D eigenvalue weighted by Crippen LogP contribution is 2.32. The van der Waals surface area contributed by atoms with E-state index < -0.39 is 0 Å². The molecule has 122 valence electrons. The van der Waals surface area contributed by atoms with Gasteiger partial charge < -0.3 is 5.32 Å². The van der Waals surface area contributed by atoms with Crippen molar-refractivity contribution in [3.8, 4) is 0 Å². The third-order valence-corrected chi connectivity index (χ3v) is 4.58. The summed E-state index contributed by atoms with van der Waals surface area (Å²) in [5.41, 5.74) is 1.11. The molecule has 6 heteroatoms. The van der Waals surface area contributed by atoms with Crippen LogP contribution in [0.2, 0.25) is 0 Å². The maximum atomic E-state index is 11.2. The van der Waals surface area contributed by atoms with Crippen molar-refractivity contribution in [2.45, 2.75) is 38.3 Å². The quantitative estimate of drug-likeness (QED) is 0.645. The average Bonchev–Trinajstić information content (AvgIpc) is 3.33. The first-order valence-corrected chi connectivity index (χ1v) is 7.91. The van der Waals surface area contributed by atoms with Crippen LogP contribution in [0.25, 0.3) is 0 Å². The summed E-state index contributed by atoms with van der Waals surface area (Å²) in [5, 5.41) is 14.6. The van der Waals surface area contributed by atoms with Gasteiger partial charge in [-0.15, -0.1) is 12.4 Å². The number of hydrogen-bond donors (Lipinski definition) is 1. The van der Waals surface area contributed by atoms with Gasteiger partial charge in [-0.2, -0.15) is 0 Å². The lowest BCUT2D eigenvalue weighted by Crippen LogP contribution is -2.37. The minimum Gasteiger partial charge on any atom is -0.317 e. The summed E-state index contributed by atoms with van der Waals surface area (Å²) in [6.07, 6.45) is 4.93. The molecule has 0 bridgehead atoms. The Bertz CT molecular complexity index is 502. The minimum absolute atomic E-state index is 0. The average molecular weight is 326 g/mol. The first-order valence-electron chi connectivity index (χ1n) is 7.91. The van der Waals surface area contributed by atoms with E-state index in [1.165, 1.54) is 25.7 Å². The molecule has 0 spiro atoms. The van der Waals surface area contributed by atoms with Gasteiger partial charge in [0.1, 0.15) is 0 Å². The van der Waals surface area contributed by atoms with Crippen molar-refractivity contribution >= 4 is 18.1 Å². The topological polar surface area (TPSA) is 58.4 Å². The van der Waals surface area contributed by atoms with E-state index in [2.05, 4.69) is 10.2 Å². The van der Waals surface area contributed by atoms with Gasteiger partial charge in [0.2, 0.25) is 0 Å². The van der Waals surface area contributed by atoms with Crippen LogP contribution in [-0.4, -0.2) is 35.5 Å². The largest absolute Gasteiger partial charge is 0.317 e. The Morgan fingerprint density at radius 1 is 1.18 bits per heavy atom. The molecule has 0 radical (unpaired) electrons. The van der Waals surface area contributed by atoms with E-state index in [0.29, 0.717) is 12.6 Å². The molecule has 1 saturated carbocycles. The monoisotopic (exact) mass is 325 g/mol. The van der Waals surface area contributed by atoms with Crippen molar-refractivity contribution in [2.24, 2.45) is 5.92 Å². The standard InChI is InChI=1S/C16H23N3O2.ClH/c20-19(21)16-4-2-1-3-14(16)12-18(15-5-6-15)11-13-7-9-17-10-8-13;/h1-4,13,15,17H,5-12H2;1H. The number of nitrogens with zero attached hydrogens (tertiary/aromatic N) is 2. The third kappa shape index (κ3) is 4.41. The van der Waals surface area contributed by atoms with Crippen LogP contribution in [-0.2, 0) is 6.54 Å². The molecule has 1 heterocycles. The van der Waals surface area contributed by atoms with Crippen LogP contribution >= 0.6 is 12.4 Å². The number of hydrogen-bond acceptors (Lipinski definition) is 4. The van der Waals surface area contributed by atoms with Gasteiger partial charge in [-0.3, -0.25) is 15.0 Å². The number of para-hydroxylation sites is 1. The molecule has 1 aliphatic heterocycles. The van der Waals surface area contributed by atoms with Gasteiger partial charge in [0.05, 0.1) is 4.92 Å². The van der Waals surface area contributed by atoms with E-state index >= 15 is 0 Å². The van der Waals surface area contributed by atoms with Crippen LogP contribution in [0.4, 0.5) is 5.69 Å². The van der Waals surface area contributed by atoms with Crippen molar-refractivity contribution in [1.82, 2.24) is 10.2 Å². The van der Waals surface area contributed by atoms with Crippen LogP contribution in [0.1, 0.15) is 31.2 Å². The van der Waals surface area contributed by atoms with E-state index in [9.17, 15) is 10.1 Å². The molecular formula is C16H24ClN3O2. The highest BCUT2D eigenvalue weighted by molar-refractivity contribution is 5.85. The lowest BCUT2D eigenvalue weighted by atomic mass is 9.97. The van der Waals surface area contributed by atoms with Crippen molar-refractivity contribution in [3.05, 3.63) is 39.9 Å². The molecule has 1 saturated heterocycles. The van der Waals surface area contributed by atoms with E-state index in [1.807, 2.05) is 12.1 Å². The van der Waals surface area contributed by atoms with Crippen LogP contribution < -0.4 is 5.32 Å². The van der Waals surface area contributed by atoms with E-state index in [1.54, 1.807) is 12.1 Å². The summed E-state index contributed by atoms with van der Waals surface area (Å²) in [6, 6.07) is 7.80. The molecule has 1 aromatic rings. The lowest BCUT2D eigenvalue weighted by molar-refractivity contribution is -0.385. The molecule has 5 nitrogen and oxygen atoms in total. The Labute approximate surface area is 137 Å². The Kier molecular flexibility index (Phi) is 6.17. The number of nitro benzene ring substituents is 1. The Morgan fingerprint density at radius 2 is 1.86 bits per heavy atom. The van der Waals surface area contributed by atoms with Crippen LogP contribution in [0.3, 0.4) is 0 Å². The summed E-state index contributed by atoms with van der Waals surface area (Å²) in [5.74, 6) is 0.731. The summed E-state index contributed by atoms with van der Waals surface area (Å²) in [7, 11) is 0. The molecule has 3 rings (SSSR count). The zero-order chi connectivity index (χ0) is 14.7. The smallest absolute Gasteiger partial charge is 0.273 e. The van der Waals surface area contributed by atoms with Crippen LogP contribution in [0.5, 0.6) is 0 Å². The maximum Gasteiger partial charge on any atom is 0.273 e. The molecule has 0 amide bonds. The second kappa shape index (κ2) is 7.90. The van der Waals surface area contributed by atoms with Crippen molar-refractivity contribution in [2.75, 3.05) is 19.6 Å². The SMILES string of the molecule is Cl.O=[N+]([O-])c1ccccc1CN(CC1CCNCC1)C1CC1. The van der Waals surface area contributed by atoms with Gasteiger partial charge in [0.15, 0.2) is 0 Å². The molecule has 22 heavy (non-hydrogen) atoms. The second-order valence-electron chi connectivity index (χ2n) is 6.24. The molecule has 1 N–H and O–H groups in total. The van der Waals surface area contributed by atoms with E-state index in [0.717, 1.165) is 31.1 Å². The predicted octanol–water partition coefficient (Wildman–Crippen LogP) is 2.98. The van der Waals surface area contributed by atoms with Crippen LogP contribution in [0.15, 0.2) is 24.3 Å². The number of rotatable bonds is 6. The predicted molar refractivity (Wildman–Crippen MR) is 89.4 cm³/mol. The number of halogens is 1. The zero-order valence-corrected chi connectivity index (χ0v) is 13.6. The summed E-state index contributed by atoms with van der Waals surface area (Å²) >= 11 is 0. The molecule has 1 aliphatic carbocycles. The summed E-state index contributed by atoms with van der Waals surface area (Å²) < 4.78 is 0. The number of nitrogens with one attached hydrogen (secondary N) is 1. The summed E-state index contributed by atoms with van der Waals surface area (Å²) in [6.45, 7) is 4.01. The molecule has 1 aromatic carbocycles. The zero-order valence-electron chi connectivity index (χ0n) is 12.7. The van der Waals surface area contributed by atoms with E-state index in [-0.39, 0.29) is 23.0 Å². The van der Waals surface area contributed by atoms with Gasteiger partial charge in [0.25, 0.3) is 5.69 Å². The fourth-order valence-corrected chi connectivity index (χ4v) is 3.22. The number of nitro groups is 1. The van der Waals surface area contributed by atoms with E-state index in [4.69, 9.17) is 0 Å². The fraction of sp³-hybridized carbons (Fsp3) is 0.625. The molecule has 0 atom stereocenters. The molecular weight excluding hydrogens is 302 g/mol. The van der Waals surface area contributed by atoms with Crippen molar-refractivity contribution < 1.29 is 4.92 Å². The molecule has 0 unspecified atom stereocenters. The van der Waals surface area contributed by atoms with Gasteiger partial charge in [-0.1, -0.05) is 18.2 Å². The van der Waals surface area contributed by atoms with Gasteiger partial charge in [0, 0.05) is 30.8 Å². The first kappa shape index (κ1) is 17.2. The Balaban J connectivity index is 0.00000176. The number of benzene rings is 1. The third-order valence-electron chi connectivity index (χ3n) is 4.58. The highest BCUT2D eigenvalue weighted by Gasteiger charge is 2.32. The fourth-order valence-electron chi connectivity index (χ4n) is 3.22. The number of piperidine rings is 1. The Morgan fingerprint density at radius 3 is 2.50 bits per heavy atom. The minimum atomic E-state index is -0.259. The van der Waals surface area contributed by atoms with Gasteiger partial charge >= 0.3 is 0 Å². The van der Waals surface area contributed by atoms with Gasteiger partial charge in [-0.05, 0) is 44.7 Å². The normalized spacial score (nSPS) is 19.0. The molecule has 2 fully saturated rings. The Hall–Kier alpha value is -1.17. The van der Waals surface area contributed by atoms with Crippen molar-refractivity contribution in [1.29, 1.82) is 0 Å². The van der Waals surface area contributed by atoms with Crippen LogP contribution in [0, 0.1) is 16.0 Å². The summed E-state index contributed by atoms with van der Waals surface area (Å²) in [4.78, 5) is 13.4. The van der Waals surface area contributed by atoms with Crippen molar-refractivity contribution in [3.63, 3.8) is 0 Å². The van der Waals surface area contributed by atoms with Gasteiger partial charge in [-0.25, -0.2) is 0 Å². The molecule has 0 aromatic heterocycles. The first-order chi connectivity index (χ1) is 10.2. The second-order valence-corrected chi connectivity index (χ2v) is 6.24. The lowest BCUT2D eigenvalue weighted by Gasteiger charge is -2.30. The molecule has 2 aliphatic rings.